The molecule has 20 heavy (non-hydrogen) atoms. The van der Waals surface area contributed by atoms with E-state index in [1.54, 1.807) is 7.11 Å². The minimum atomic E-state index is 0.436. The lowest BCUT2D eigenvalue weighted by Crippen LogP contribution is -2.30. The molecule has 112 valence electrons. The zero-order chi connectivity index (χ0) is 15.0. The Hall–Kier alpha value is -1.59. The summed E-state index contributed by atoms with van der Waals surface area (Å²) >= 11 is 0. The van der Waals surface area contributed by atoms with Crippen LogP contribution in [-0.2, 0) is 11.3 Å². The Bertz CT molecular complexity index is 432. The minimum Gasteiger partial charge on any atom is -0.380 e. The van der Waals surface area contributed by atoms with Crippen molar-refractivity contribution in [3.63, 3.8) is 0 Å². The molecule has 0 spiro atoms. The number of nitrogens with zero attached hydrogens (tertiary/aromatic N) is 2. The molecule has 0 saturated carbocycles. The maximum atomic E-state index is 5.91. The van der Waals surface area contributed by atoms with Crippen LogP contribution in [0.25, 0.3) is 0 Å². The molecule has 0 aliphatic heterocycles. The quantitative estimate of drug-likeness (QED) is 0.590. The summed E-state index contributed by atoms with van der Waals surface area (Å²) < 4.78 is 5.16. The van der Waals surface area contributed by atoms with Crippen LogP contribution in [0.3, 0.4) is 0 Å². The Kier molecular flexibility index (Phi) is 7.04. The van der Waals surface area contributed by atoms with Gasteiger partial charge in [0.05, 0.1) is 13.2 Å². The third-order valence-corrected chi connectivity index (χ3v) is 3.20. The van der Waals surface area contributed by atoms with Crippen molar-refractivity contribution in [3.05, 3.63) is 29.8 Å². The molecular formula is C15H26N4O. The zero-order valence-corrected chi connectivity index (χ0v) is 12.9. The van der Waals surface area contributed by atoms with E-state index in [0.29, 0.717) is 25.2 Å². The topological polar surface area (TPSA) is 62.9 Å². The molecule has 0 aromatic heterocycles. The van der Waals surface area contributed by atoms with Gasteiger partial charge in [-0.3, -0.25) is 4.99 Å². The molecule has 0 amide bonds. The molecule has 5 nitrogen and oxygen atoms in total. The first-order chi connectivity index (χ1) is 9.54. The molecule has 0 heterocycles. The molecule has 0 unspecified atom stereocenters. The van der Waals surface area contributed by atoms with Crippen molar-refractivity contribution in [1.29, 1.82) is 0 Å². The molecular weight excluding hydrogens is 252 g/mol. The average molecular weight is 278 g/mol. The summed E-state index contributed by atoms with van der Waals surface area (Å²) in [6.45, 7) is 6.44. The van der Waals surface area contributed by atoms with Crippen LogP contribution >= 0.6 is 0 Å². The molecule has 0 saturated heterocycles. The van der Waals surface area contributed by atoms with Gasteiger partial charge in [0, 0.05) is 30.9 Å². The van der Waals surface area contributed by atoms with E-state index in [0.717, 1.165) is 17.8 Å². The minimum absolute atomic E-state index is 0.436. The highest BCUT2D eigenvalue weighted by atomic mass is 16.5. The number of aliphatic imine (C=N–C) groups is 1. The van der Waals surface area contributed by atoms with Crippen molar-refractivity contribution in [1.82, 2.24) is 4.90 Å². The normalized spacial score (nSPS) is 12.2. The highest BCUT2D eigenvalue weighted by molar-refractivity contribution is 5.92. The Labute approximate surface area is 121 Å². The predicted octanol–water partition coefficient (Wildman–Crippen LogP) is 1.90. The molecule has 1 rings (SSSR count). The number of hydrogen-bond acceptors (Lipinski definition) is 3. The number of para-hydroxylation sites is 1. The number of nitrogens with two attached hydrogens (primary N) is 1. The van der Waals surface area contributed by atoms with E-state index in [4.69, 9.17) is 10.5 Å². The largest absolute Gasteiger partial charge is 0.380 e. The number of rotatable bonds is 7. The number of hydrogen-bond donors (Lipinski definition) is 2. The van der Waals surface area contributed by atoms with Crippen LogP contribution in [0.4, 0.5) is 5.69 Å². The predicted molar refractivity (Wildman–Crippen MR) is 85.0 cm³/mol. The second-order valence-electron chi connectivity index (χ2n) is 5.06. The summed E-state index contributed by atoms with van der Waals surface area (Å²) in [7, 11) is 3.76. The second kappa shape index (κ2) is 8.55. The van der Waals surface area contributed by atoms with Crippen LogP contribution in [0.5, 0.6) is 0 Å². The number of ether oxygens (including phenoxy) is 1. The lowest BCUT2D eigenvalue weighted by Gasteiger charge is -2.19. The fourth-order valence-corrected chi connectivity index (χ4v) is 1.69. The van der Waals surface area contributed by atoms with Crippen LogP contribution in [-0.4, -0.2) is 44.1 Å². The van der Waals surface area contributed by atoms with E-state index in [1.165, 1.54) is 0 Å². The summed E-state index contributed by atoms with van der Waals surface area (Å²) in [6, 6.07) is 8.43. The fraction of sp³-hybridized carbons (Fsp3) is 0.533. The lowest BCUT2D eigenvalue weighted by atomic mass is 10.2. The summed E-state index contributed by atoms with van der Waals surface area (Å²) in [5.74, 6) is 0.436. The van der Waals surface area contributed by atoms with Gasteiger partial charge in [-0.05, 0) is 27.0 Å². The molecule has 0 aliphatic rings. The summed E-state index contributed by atoms with van der Waals surface area (Å²) in [5, 5.41) is 3.13. The fourth-order valence-electron chi connectivity index (χ4n) is 1.69. The van der Waals surface area contributed by atoms with Gasteiger partial charge >= 0.3 is 0 Å². The Morgan fingerprint density at radius 2 is 2.10 bits per heavy atom. The summed E-state index contributed by atoms with van der Waals surface area (Å²) in [4.78, 5) is 6.58. The van der Waals surface area contributed by atoms with Crippen LogP contribution in [0.15, 0.2) is 29.3 Å². The van der Waals surface area contributed by atoms with Crippen molar-refractivity contribution in [2.45, 2.75) is 26.5 Å². The van der Waals surface area contributed by atoms with Crippen LogP contribution in [0.1, 0.15) is 19.4 Å². The molecule has 3 N–H and O–H groups in total. The van der Waals surface area contributed by atoms with Crippen LogP contribution < -0.4 is 11.1 Å². The van der Waals surface area contributed by atoms with Gasteiger partial charge in [-0.2, -0.15) is 0 Å². The van der Waals surface area contributed by atoms with E-state index in [-0.39, 0.29) is 0 Å². The number of methoxy groups -OCH3 is 1. The number of anilines is 1. The number of guanidine groups is 1. The SMILES string of the molecule is COCc1ccccc1NC(N)=NCCN(C)C(C)C. The summed E-state index contributed by atoms with van der Waals surface area (Å²) in [5.41, 5.74) is 7.91. The molecule has 0 aliphatic carbocycles. The van der Waals surface area contributed by atoms with Gasteiger partial charge in [0.2, 0.25) is 0 Å². The molecule has 1 aromatic carbocycles. The molecule has 0 radical (unpaired) electrons. The first kappa shape index (κ1) is 16.5. The van der Waals surface area contributed by atoms with E-state index >= 15 is 0 Å². The average Bonchev–Trinajstić information content (AvgIpc) is 2.41. The standard InChI is InChI=1S/C15H26N4O/c1-12(2)19(3)10-9-17-15(16)18-14-8-6-5-7-13(14)11-20-4/h5-8,12H,9-11H2,1-4H3,(H3,16,17,18). The highest BCUT2D eigenvalue weighted by Gasteiger charge is 2.03. The smallest absolute Gasteiger partial charge is 0.193 e. The van der Waals surface area contributed by atoms with Crippen molar-refractivity contribution < 1.29 is 4.74 Å². The van der Waals surface area contributed by atoms with Crippen molar-refractivity contribution in [3.8, 4) is 0 Å². The van der Waals surface area contributed by atoms with E-state index < -0.39 is 0 Å². The van der Waals surface area contributed by atoms with Crippen LogP contribution in [0, 0.1) is 0 Å². The maximum Gasteiger partial charge on any atom is 0.193 e. The highest BCUT2D eigenvalue weighted by Crippen LogP contribution is 2.15. The van der Waals surface area contributed by atoms with Crippen LogP contribution in [0.2, 0.25) is 0 Å². The zero-order valence-electron chi connectivity index (χ0n) is 12.9. The summed E-state index contributed by atoms with van der Waals surface area (Å²) in [6.07, 6.45) is 0. The first-order valence-corrected chi connectivity index (χ1v) is 6.88. The Morgan fingerprint density at radius 3 is 2.75 bits per heavy atom. The molecule has 0 atom stereocenters. The maximum absolute atomic E-state index is 5.91. The van der Waals surface area contributed by atoms with Gasteiger partial charge in [-0.1, -0.05) is 18.2 Å². The Balaban J connectivity index is 2.55. The molecule has 0 fully saturated rings. The third-order valence-electron chi connectivity index (χ3n) is 3.20. The molecule has 1 aromatic rings. The van der Waals surface area contributed by atoms with Crippen molar-refractivity contribution in [2.75, 3.05) is 32.6 Å². The number of nitrogens with one attached hydrogen (secondary N) is 1. The number of likely N-dealkylation sites (N-methyl/N-ethyl adjacent to an activating group) is 1. The van der Waals surface area contributed by atoms with E-state index in [2.05, 4.69) is 36.1 Å². The monoisotopic (exact) mass is 278 g/mol. The van der Waals surface area contributed by atoms with E-state index in [1.807, 2.05) is 24.3 Å². The second-order valence-corrected chi connectivity index (χ2v) is 5.06. The lowest BCUT2D eigenvalue weighted by molar-refractivity contribution is 0.185. The van der Waals surface area contributed by atoms with Gasteiger partial charge in [-0.15, -0.1) is 0 Å². The van der Waals surface area contributed by atoms with Gasteiger partial charge in [0.25, 0.3) is 0 Å². The molecule has 5 heteroatoms. The van der Waals surface area contributed by atoms with Crippen molar-refractivity contribution in [2.24, 2.45) is 10.7 Å². The van der Waals surface area contributed by atoms with Gasteiger partial charge in [0.15, 0.2) is 5.96 Å². The van der Waals surface area contributed by atoms with Gasteiger partial charge in [-0.25, -0.2) is 0 Å². The number of benzene rings is 1. The van der Waals surface area contributed by atoms with E-state index in [9.17, 15) is 0 Å². The third kappa shape index (κ3) is 5.59. The van der Waals surface area contributed by atoms with Gasteiger partial charge in [0.1, 0.15) is 0 Å². The van der Waals surface area contributed by atoms with Gasteiger partial charge < -0.3 is 20.7 Å². The first-order valence-electron chi connectivity index (χ1n) is 6.88. The Morgan fingerprint density at radius 1 is 1.40 bits per heavy atom. The van der Waals surface area contributed by atoms with Crippen molar-refractivity contribution >= 4 is 11.6 Å². The molecule has 0 bridgehead atoms.